The van der Waals surface area contributed by atoms with Crippen LogP contribution < -0.4 is 11.1 Å². The zero-order valence-electron chi connectivity index (χ0n) is 10.7. The Labute approximate surface area is 121 Å². The number of nitrogens with two attached hydrogens (primary N) is 1. The van der Waals surface area contributed by atoms with Gasteiger partial charge in [0.15, 0.2) is 0 Å². The summed E-state index contributed by atoms with van der Waals surface area (Å²) in [6, 6.07) is 7.07. The molecule has 1 aromatic heterocycles. The van der Waals surface area contributed by atoms with Gasteiger partial charge < -0.3 is 11.1 Å². The maximum Gasteiger partial charge on any atom is 0.270 e. The highest BCUT2D eigenvalue weighted by atomic mass is 35.5. The van der Waals surface area contributed by atoms with E-state index in [0.29, 0.717) is 0 Å². The molecule has 1 atom stereocenters. The predicted octanol–water partition coefficient (Wildman–Crippen LogP) is 2.11. The van der Waals surface area contributed by atoms with Crippen LogP contribution in [0.2, 0.25) is 0 Å². The summed E-state index contributed by atoms with van der Waals surface area (Å²) < 4.78 is 12.8. The minimum absolute atomic E-state index is 0. The molecule has 0 radical (unpaired) electrons. The first-order valence-electron chi connectivity index (χ1n) is 5.70. The first kappa shape index (κ1) is 15.8. The monoisotopic (exact) mass is 296 g/mol. The third-order valence-corrected chi connectivity index (χ3v) is 2.64. The number of benzene rings is 1. The highest BCUT2D eigenvalue weighted by molar-refractivity contribution is 5.93. The van der Waals surface area contributed by atoms with E-state index in [9.17, 15) is 9.18 Å². The van der Waals surface area contributed by atoms with Crippen molar-refractivity contribution in [1.82, 2.24) is 15.3 Å². The van der Waals surface area contributed by atoms with Crippen LogP contribution in [0.15, 0.2) is 36.7 Å². The van der Waals surface area contributed by atoms with E-state index in [4.69, 9.17) is 5.73 Å². The lowest BCUT2D eigenvalue weighted by Crippen LogP contribution is -2.27. The standard InChI is InChI=1S/C13H13FN4O.ClH/c1-8(9-2-4-10(14)5-3-9)18-13(19)11-6-12(15)17-7-16-11;/h2-8H,1H3,(H,18,19)(H2,15,16,17);1H/t8-;/m0./s1. The van der Waals surface area contributed by atoms with Crippen LogP contribution in [-0.2, 0) is 0 Å². The van der Waals surface area contributed by atoms with Gasteiger partial charge in [0, 0.05) is 6.07 Å². The number of amides is 1. The van der Waals surface area contributed by atoms with Crippen molar-refractivity contribution in [3.63, 3.8) is 0 Å². The van der Waals surface area contributed by atoms with Crippen molar-refractivity contribution >= 4 is 24.1 Å². The highest BCUT2D eigenvalue weighted by Crippen LogP contribution is 2.13. The molecule has 2 rings (SSSR count). The Hall–Kier alpha value is -2.21. The van der Waals surface area contributed by atoms with Crippen molar-refractivity contribution in [2.45, 2.75) is 13.0 Å². The van der Waals surface area contributed by atoms with Gasteiger partial charge in [-0.3, -0.25) is 4.79 Å². The topological polar surface area (TPSA) is 80.9 Å². The molecule has 0 aliphatic carbocycles. The minimum atomic E-state index is -0.356. The molecule has 0 saturated heterocycles. The van der Waals surface area contributed by atoms with Crippen molar-refractivity contribution in [3.05, 3.63) is 53.7 Å². The molecule has 5 nitrogen and oxygen atoms in total. The molecule has 1 heterocycles. The fourth-order valence-electron chi connectivity index (χ4n) is 1.60. The Morgan fingerprint density at radius 3 is 2.55 bits per heavy atom. The molecule has 0 unspecified atom stereocenters. The number of halogens is 2. The van der Waals surface area contributed by atoms with Crippen LogP contribution in [0.3, 0.4) is 0 Å². The van der Waals surface area contributed by atoms with Gasteiger partial charge in [0.25, 0.3) is 5.91 Å². The van der Waals surface area contributed by atoms with E-state index in [1.165, 1.54) is 24.5 Å². The molecule has 3 N–H and O–H groups in total. The Bertz CT molecular complexity index is 591. The van der Waals surface area contributed by atoms with E-state index in [-0.39, 0.29) is 41.7 Å². The molecular formula is C13H14ClFN4O. The summed E-state index contributed by atoms with van der Waals surface area (Å²) in [6.45, 7) is 1.80. The average Bonchev–Trinajstić information content (AvgIpc) is 2.39. The van der Waals surface area contributed by atoms with Gasteiger partial charge in [0.05, 0.1) is 6.04 Å². The maximum absolute atomic E-state index is 12.8. The van der Waals surface area contributed by atoms with Crippen LogP contribution >= 0.6 is 12.4 Å². The van der Waals surface area contributed by atoms with Gasteiger partial charge in [0.1, 0.15) is 23.7 Å². The number of nitrogens with zero attached hydrogens (tertiary/aromatic N) is 2. The number of hydrogen-bond donors (Lipinski definition) is 2. The van der Waals surface area contributed by atoms with E-state index < -0.39 is 0 Å². The van der Waals surface area contributed by atoms with Crippen LogP contribution in [0.1, 0.15) is 29.0 Å². The Balaban J connectivity index is 0.00000200. The van der Waals surface area contributed by atoms with Crippen molar-refractivity contribution in [1.29, 1.82) is 0 Å². The van der Waals surface area contributed by atoms with Crippen LogP contribution in [0.4, 0.5) is 10.2 Å². The summed E-state index contributed by atoms with van der Waals surface area (Å²) in [5, 5.41) is 2.75. The molecule has 1 aromatic carbocycles. The van der Waals surface area contributed by atoms with Gasteiger partial charge in [-0.15, -0.1) is 12.4 Å². The summed E-state index contributed by atoms with van der Waals surface area (Å²) in [4.78, 5) is 19.5. The zero-order valence-corrected chi connectivity index (χ0v) is 11.5. The number of rotatable bonds is 3. The molecule has 7 heteroatoms. The van der Waals surface area contributed by atoms with E-state index in [0.717, 1.165) is 5.56 Å². The van der Waals surface area contributed by atoms with Crippen LogP contribution in [0.25, 0.3) is 0 Å². The SMILES string of the molecule is C[C@H](NC(=O)c1cc(N)ncn1)c1ccc(F)cc1.Cl. The summed E-state index contributed by atoms with van der Waals surface area (Å²) in [5.41, 5.74) is 6.48. The van der Waals surface area contributed by atoms with E-state index >= 15 is 0 Å². The van der Waals surface area contributed by atoms with Gasteiger partial charge in [-0.1, -0.05) is 12.1 Å². The van der Waals surface area contributed by atoms with Gasteiger partial charge >= 0.3 is 0 Å². The molecule has 106 valence electrons. The number of anilines is 1. The van der Waals surface area contributed by atoms with Crippen molar-refractivity contribution in [2.75, 3.05) is 5.73 Å². The second-order valence-corrected chi connectivity index (χ2v) is 4.07. The molecule has 0 spiro atoms. The number of carbonyl (C=O) groups excluding carboxylic acids is 1. The number of aromatic nitrogens is 2. The first-order chi connectivity index (χ1) is 9.06. The maximum atomic E-state index is 12.8. The second-order valence-electron chi connectivity index (χ2n) is 4.07. The lowest BCUT2D eigenvalue weighted by molar-refractivity contribution is 0.0934. The number of hydrogen-bond acceptors (Lipinski definition) is 4. The minimum Gasteiger partial charge on any atom is -0.384 e. The molecule has 0 bridgehead atoms. The van der Waals surface area contributed by atoms with Crippen LogP contribution in [-0.4, -0.2) is 15.9 Å². The Morgan fingerprint density at radius 2 is 1.95 bits per heavy atom. The molecule has 0 saturated carbocycles. The Kier molecular flexibility index (Phi) is 5.40. The van der Waals surface area contributed by atoms with E-state index in [1.54, 1.807) is 19.1 Å². The third-order valence-electron chi connectivity index (χ3n) is 2.64. The number of nitrogens with one attached hydrogen (secondary N) is 1. The normalized spacial score (nSPS) is 11.3. The van der Waals surface area contributed by atoms with Crippen LogP contribution in [0, 0.1) is 5.82 Å². The lowest BCUT2D eigenvalue weighted by Gasteiger charge is -2.14. The highest BCUT2D eigenvalue weighted by Gasteiger charge is 2.12. The van der Waals surface area contributed by atoms with Gasteiger partial charge in [-0.25, -0.2) is 14.4 Å². The first-order valence-corrected chi connectivity index (χ1v) is 5.70. The fourth-order valence-corrected chi connectivity index (χ4v) is 1.60. The van der Waals surface area contributed by atoms with Gasteiger partial charge in [-0.2, -0.15) is 0 Å². The summed E-state index contributed by atoms with van der Waals surface area (Å²) in [5.74, 6) is -0.439. The van der Waals surface area contributed by atoms with E-state index in [2.05, 4.69) is 15.3 Å². The molecular weight excluding hydrogens is 283 g/mol. The quantitative estimate of drug-likeness (QED) is 0.909. The van der Waals surface area contributed by atoms with Gasteiger partial charge in [0.2, 0.25) is 0 Å². The lowest BCUT2D eigenvalue weighted by atomic mass is 10.1. The van der Waals surface area contributed by atoms with Crippen molar-refractivity contribution in [2.24, 2.45) is 0 Å². The molecule has 0 aliphatic heterocycles. The molecule has 2 aromatic rings. The van der Waals surface area contributed by atoms with Gasteiger partial charge in [-0.05, 0) is 24.6 Å². The predicted molar refractivity (Wildman–Crippen MR) is 76.0 cm³/mol. The third kappa shape index (κ3) is 3.89. The summed E-state index contributed by atoms with van der Waals surface area (Å²) >= 11 is 0. The molecule has 0 aliphatic rings. The summed E-state index contributed by atoms with van der Waals surface area (Å²) in [6.07, 6.45) is 1.23. The zero-order chi connectivity index (χ0) is 13.8. The number of nitrogen functional groups attached to an aromatic ring is 1. The molecule has 20 heavy (non-hydrogen) atoms. The number of carbonyl (C=O) groups is 1. The smallest absolute Gasteiger partial charge is 0.270 e. The van der Waals surface area contributed by atoms with Crippen molar-refractivity contribution < 1.29 is 9.18 Å². The fraction of sp³-hybridized carbons (Fsp3) is 0.154. The van der Waals surface area contributed by atoms with Crippen LogP contribution in [0.5, 0.6) is 0 Å². The second kappa shape index (κ2) is 6.81. The van der Waals surface area contributed by atoms with Crippen molar-refractivity contribution in [3.8, 4) is 0 Å². The Morgan fingerprint density at radius 1 is 1.30 bits per heavy atom. The largest absolute Gasteiger partial charge is 0.384 e. The molecule has 0 fully saturated rings. The average molecular weight is 297 g/mol. The molecule has 1 amide bonds. The van der Waals surface area contributed by atoms with E-state index in [1.807, 2.05) is 0 Å². The summed E-state index contributed by atoms with van der Waals surface area (Å²) in [7, 11) is 0.